The number of nitrogens with two attached hydrogens (primary N) is 4. The van der Waals surface area contributed by atoms with E-state index in [1.165, 1.54) is 9.80 Å². The summed E-state index contributed by atoms with van der Waals surface area (Å²) >= 11 is 0. The predicted octanol–water partition coefficient (Wildman–Crippen LogP) is 0.0900. The Morgan fingerprint density at radius 1 is 0.707 bits per heavy atom. The van der Waals surface area contributed by atoms with E-state index in [9.17, 15) is 58.1 Å². The number of rotatable bonds is 31. The van der Waals surface area contributed by atoms with Crippen LogP contribution in [0.5, 0.6) is 0 Å². The van der Waals surface area contributed by atoms with E-state index in [0.717, 1.165) is 4.90 Å². The highest BCUT2D eigenvalue weighted by molar-refractivity contribution is 6.08. The molecule has 8 atom stereocenters. The highest BCUT2D eigenvalue weighted by Gasteiger charge is 2.52. The smallest absolute Gasteiger partial charge is 0.408 e. The summed E-state index contributed by atoms with van der Waals surface area (Å²) in [6.45, 7) is 3.31. The fourth-order valence-corrected chi connectivity index (χ4v) is 11.4. The van der Waals surface area contributed by atoms with Crippen LogP contribution in [0.3, 0.4) is 0 Å². The van der Waals surface area contributed by atoms with E-state index >= 15 is 4.79 Å². The van der Waals surface area contributed by atoms with E-state index in [0.29, 0.717) is 36.0 Å². The van der Waals surface area contributed by atoms with Crippen LogP contribution in [0.1, 0.15) is 108 Å². The largest absolute Gasteiger partial charge is 0.480 e. The number of likely N-dealkylation sites (tertiary alicyclic amines) is 3. The number of amides is 8. The van der Waals surface area contributed by atoms with Crippen molar-refractivity contribution >= 4 is 71.1 Å². The molecule has 3 saturated heterocycles. The number of hydrogen-bond donors (Lipinski definition) is 9. The molecule has 6 rings (SSSR count). The fourth-order valence-electron chi connectivity index (χ4n) is 11.4. The van der Waals surface area contributed by atoms with Crippen molar-refractivity contribution in [2.75, 3.05) is 39.3 Å². The molecule has 0 aromatic heterocycles. The van der Waals surface area contributed by atoms with Crippen LogP contribution >= 0.6 is 0 Å². The van der Waals surface area contributed by atoms with Gasteiger partial charge in [0.25, 0.3) is 5.91 Å². The van der Waals surface area contributed by atoms with Gasteiger partial charge in [-0.1, -0.05) is 91.0 Å². The van der Waals surface area contributed by atoms with Crippen LogP contribution in [0.25, 0.3) is 0 Å². The molecule has 1 unspecified atom stereocenters. The van der Waals surface area contributed by atoms with Gasteiger partial charge < -0.3 is 73.5 Å². The zero-order valence-electron chi connectivity index (χ0n) is 51.9. The Labute approximate surface area is 532 Å². The van der Waals surface area contributed by atoms with Crippen LogP contribution in [0.4, 0.5) is 4.79 Å². The van der Waals surface area contributed by atoms with Crippen LogP contribution in [-0.4, -0.2) is 194 Å². The van der Waals surface area contributed by atoms with E-state index in [1.54, 1.807) is 112 Å². The Morgan fingerprint density at radius 2 is 1.25 bits per heavy atom. The van der Waals surface area contributed by atoms with Gasteiger partial charge in [0.05, 0.1) is 12.6 Å². The summed E-state index contributed by atoms with van der Waals surface area (Å²) in [6, 6.07) is 15.4. The van der Waals surface area contributed by atoms with Crippen molar-refractivity contribution in [2.45, 2.75) is 164 Å². The lowest BCUT2D eigenvalue weighted by Gasteiger charge is -2.35. The number of Topliss-reactive ketones (excluding diaryl/α,β-unsaturated/α-hetero) is 1. The summed E-state index contributed by atoms with van der Waals surface area (Å²) in [4.78, 5) is 173. The van der Waals surface area contributed by atoms with Crippen molar-refractivity contribution < 1.29 is 72.4 Å². The maximum absolute atomic E-state index is 15.0. The van der Waals surface area contributed by atoms with Gasteiger partial charge in [0.1, 0.15) is 49.0 Å². The lowest BCUT2D eigenvalue weighted by Crippen LogP contribution is -2.63. The molecule has 30 heteroatoms. The molecule has 8 amide bonds. The first-order valence-corrected chi connectivity index (χ1v) is 30.6. The Kier molecular flexibility index (Phi) is 26.0. The van der Waals surface area contributed by atoms with E-state index in [-0.39, 0.29) is 88.7 Å². The zero-order chi connectivity index (χ0) is 67.3. The molecule has 92 heavy (non-hydrogen) atoms. The highest BCUT2D eigenvalue weighted by atomic mass is 16.7. The fraction of sp³-hybridized carbons (Fsp3) is 0.516. The Bertz CT molecular complexity index is 3150. The van der Waals surface area contributed by atoms with Gasteiger partial charge in [0.15, 0.2) is 28.4 Å². The van der Waals surface area contributed by atoms with Crippen molar-refractivity contribution in [1.29, 1.82) is 0 Å². The summed E-state index contributed by atoms with van der Waals surface area (Å²) in [6.07, 6.45) is -1.55. The Balaban J connectivity index is 1.21. The van der Waals surface area contributed by atoms with Crippen molar-refractivity contribution in [1.82, 2.24) is 41.0 Å². The number of nitrogens with one attached hydrogen (secondary N) is 4. The standard InChI is InChI=1S/C62H84N14O16/c1-61(2,3)92-60(88)71-43(34-39-18-7-4-8-19-39)52(81)68-36-49(77)72-31-15-27-47(72)54(83)70-44(35-40-20-9-5-10-21-40)55(84)75(76(89)90)45(25-14-30-67-59(64)65)51(80)42(63)24-13-29-62(66,58(87)91-38-41-22-11-6-12-23-41)57(86)74-33-17-28-48(74)56(85)73-32-16-26-46(73)53(82)69-37-50(78)79/h4-12,18-23,42-48H,13-17,24-38,63,66H2,1-3H3,(H,68,81)(H,69,82)(H,70,83)(H,71,88)(H,78,79)(H4,64,65,67)/t42?,43-,44-,45-,46-,47-,48-,62-/m0/s1. The van der Waals surface area contributed by atoms with Crippen LogP contribution < -0.4 is 44.2 Å². The maximum Gasteiger partial charge on any atom is 0.408 e. The number of alkyl carbamates (subject to hydrolysis) is 1. The number of carbonyl (C=O) groups excluding carboxylic acids is 10. The SMILES string of the molecule is CC(C)(C)OC(=O)N[C@@H](Cc1ccccc1)C(=O)NCC(=O)N1CCC[C@H]1C(=O)N[C@@H](Cc1ccccc1)C(=O)N([C@@H](CCCN=C(N)N)C(=O)C(N)CCC[C@@](N)(C(=O)OCc1ccccc1)C(=O)N1CCC[C@H]1C(=O)N1CCC[C@H]1C(=O)NCC(=O)O)[N+](=O)[O-]. The third-order valence-corrected chi connectivity index (χ3v) is 15.9. The average molecular weight is 1280 g/mol. The van der Waals surface area contributed by atoms with Gasteiger partial charge in [0, 0.05) is 39.0 Å². The molecule has 0 spiro atoms. The maximum atomic E-state index is 15.0. The topological polar surface area (TPSA) is 447 Å². The molecule has 0 saturated carbocycles. The molecule has 3 aliphatic heterocycles. The Morgan fingerprint density at radius 3 is 1.82 bits per heavy atom. The van der Waals surface area contributed by atoms with Crippen molar-refractivity contribution in [3.8, 4) is 0 Å². The van der Waals surface area contributed by atoms with E-state index < -0.39 is 156 Å². The third-order valence-electron chi connectivity index (χ3n) is 15.9. The number of aliphatic imine (C=N–C) groups is 1. The zero-order valence-corrected chi connectivity index (χ0v) is 51.9. The van der Waals surface area contributed by atoms with E-state index in [4.69, 9.17) is 37.5 Å². The van der Waals surface area contributed by atoms with Crippen molar-refractivity contribution in [3.05, 3.63) is 118 Å². The lowest BCUT2D eigenvalue weighted by atomic mass is 9.88. The summed E-state index contributed by atoms with van der Waals surface area (Å²) in [5.41, 5.74) is 22.8. The minimum absolute atomic E-state index is 0.0325. The summed E-state index contributed by atoms with van der Waals surface area (Å²) in [5, 5.41) is 31.5. The van der Waals surface area contributed by atoms with Gasteiger partial charge in [-0.25, -0.2) is 19.7 Å². The second kappa shape index (κ2) is 33.5. The van der Waals surface area contributed by atoms with Gasteiger partial charge in [-0.3, -0.25) is 48.1 Å². The molecule has 30 nitrogen and oxygen atoms in total. The number of hydrazine groups is 1. The number of aliphatic carboxylic acids is 1. The molecule has 3 fully saturated rings. The number of nitro groups is 1. The van der Waals surface area contributed by atoms with Gasteiger partial charge in [0.2, 0.25) is 29.5 Å². The van der Waals surface area contributed by atoms with Crippen LogP contribution in [-0.2, 0) is 76.9 Å². The predicted molar refractivity (Wildman–Crippen MR) is 331 cm³/mol. The van der Waals surface area contributed by atoms with Crippen molar-refractivity contribution in [3.63, 3.8) is 0 Å². The summed E-state index contributed by atoms with van der Waals surface area (Å²) in [5.74, 6) is -9.86. The number of esters is 1. The Hall–Kier alpha value is -9.58. The molecule has 3 aromatic carbocycles. The molecule has 3 aliphatic rings. The number of hydrogen-bond acceptors (Lipinski definition) is 18. The van der Waals surface area contributed by atoms with E-state index in [2.05, 4.69) is 26.3 Å². The first-order chi connectivity index (χ1) is 43.7. The van der Waals surface area contributed by atoms with Gasteiger partial charge in [-0.15, -0.1) is 0 Å². The minimum atomic E-state index is -2.53. The summed E-state index contributed by atoms with van der Waals surface area (Å²) < 4.78 is 11.0. The number of guanidine groups is 1. The van der Waals surface area contributed by atoms with Gasteiger partial charge in [-0.05, 0) is 113 Å². The first kappa shape index (κ1) is 71.5. The average Bonchev–Trinajstić information content (AvgIpc) is 1.58. The monoisotopic (exact) mass is 1280 g/mol. The molecular weight excluding hydrogens is 1200 g/mol. The number of carboxylic acids is 1. The van der Waals surface area contributed by atoms with Gasteiger partial charge >= 0.3 is 23.9 Å². The van der Waals surface area contributed by atoms with Gasteiger partial charge in [-0.2, -0.15) is 0 Å². The van der Waals surface area contributed by atoms with Crippen LogP contribution in [0.2, 0.25) is 0 Å². The number of ether oxygens (including phenoxy) is 2. The van der Waals surface area contributed by atoms with Crippen molar-refractivity contribution in [2.24, 2.45) is 27.9 Å². The number of carbonyl (C=O) groups is 11. The highest BCUT2D eigenvalue weighted by Crippen LogP contribution is 2.30. The lowest BCUT2D eigenvalue weighted by molar-refractivity contribution is -0.640. The number of nitrogens with zero attached hydrogens (tertiary/aromatic N) is 6. The second-order valence-corrected chi connectivity index (χ2v) is 23.9. The molecule has 0 bridgehead atoms. The first-order valence-electron chi connectivity index (χ1n) is 30.6. The van der Waals surface area contributed by atoms with Crippen LogP contribution in [0.15, 0.2) is 96.0 Å². The third kappa shape index (κ3) is 20.2. The summed E-state index contributed by atoms with van der Waals surface area (Å²) in [7, 11) is 0. The molecule has 13 N–H and O–H groups in total. The van der Waals surface area contributed by atoms with Crippen LogP contribution in [0, 0.1) is 10.1 Å². The number of ketones is 1. The second-order valence-electron chi connectivity index (χ2n) is 23.9. The normalized spacial score (nSPS) is 18.1. The molecule has 3 heterocycles. The molecule has 0 aliphatic carbocycles. The molecule has 0 radical (unpaired) electrons. The minimum Gasteiger partial charge on any atom is -0.480 e. The van der Waals surface area contributed by atoms with E-state index in [1.807, 2.05) is 0 Å². The number of benzene rings is 3. The molecule has 3 aromatic rings. The number of carboxylic acid groups (broad SMARTS) is 1. The molecule has 498 valence electrons. The quantitative estimate of drug-likeness (QED) is 0.00784. The molecular formula is C62H84N14O16.